The molecule has 20 heavy (non-hydrogen) atoms. The molecule has 112 valence electrons. The van der Waals surface area contributed by atoms with E-state index in [2.05, 4.69) is 37.5 Å². The van der Waals surface area contributed by atoms with Crippen LogP contribution in [-0.4, -0.2) is 14.2 Å². The minimum Gasteiger partial charge on any atom is -0.497 e. The normalized spacial score (nSPS) is 19.1. The number of aryl methyl sites for hydroxylation is 1. The SMILES string of the molecule is CNC(c1ccc(OC)cc1C)C1CCCCCCC1. The molecule has 1 aliphatic carbocycles. The largest absolute Gasteiger partial charge is 0.497 e. The Bertz CT molecular complexity index is 408. The zero-order valence-corrected chi connectivity index (χ0v) is 13.2. The van der Waals surface area contributed by atoms with E-state index in [-0.39, 0.29) is 0 Å². The van der Waals surface area contributed by atoms with Gasteiger partial charge in [-0.05, 0) is 56.0 Å². The fourth-order valence-electron chi connectivity index (χ4n) is 3.59. The summed E-state index contributed by atoms with van der Waals surface area (Å²) >= 11 is 0. The van der Waals surface area contributed by atoms with E-state index in [0.717, 1.165) is 11.7 Å². The molecule has 1 atom stereocenters. The van der Waals surface area contributed by atoms with E-state index in [0.29, 0.717) is 6.04 Å². The highest BCUT2D eigenvalue weighted by molar-refractivity contribution is 5.37. The summed E-state index contributed by atoms with van der Waals surface area (Å²) in [6, 6.07) is 6.98. The number of rotatable bonds is 4. The Morgan fingerprint density at radius 3 is 2.30 bits per heavy atom. The highest BCUT2D eigenvalue weighted by atomic mass is 16.5. The molecule has 1 unspecified atom stereocenters. The zero-order chi connectivity index (χ0) is 14.4. The van der Waals surface area contributed by atoms with Crippen molar-refractivity contribution in [1.82, 2.24) is 5.32 Å². The van der Waals surface area contributed by atoms with Gasteiger partial charge in [-0.25, -0.2) is 0 Å². The van der Waals surface area contributed by atoms with Crippen molar-refractivity contribution in [3.63, 3.8) is 0 Å². The van der Waals surface area contributed by atoms with E-state index < -0.39 is 0 Å². The fraction of sp³-hybridized carbons (Fsp3) is 0.667. The second-order valence-corrected chi connectivity index (χ2v) is 6.09. The monoisotopic (exact) mass is 275 g/mol. The summed E-state index contributed by atoms with van der Waals surface area (Å²) in [7, 11) is 3.84. The summed E-state index contributed by atoms with van der Waals surface area (Å²) in [4.78, 5) is 0. The van der Waals surface area contributed by atoms with Crippen molar-refractivity contribution in [2.24, 2.45) is 5.92 Å². The first-order chi connectivity index (χ1) is 9.76. The number of nitrogens with one attached hydrogen (secondary N) is 1. The molecule has 0 saturated heterocycles. The maximum absolute atomic E-state index is 5.32. The van der Waals surface area contributed by atoms with Crippen molar-refractivity contribution in [2.45, 2.75) is 57.9 Å². The Balaban J connectivity index is 2.17. The van der Waals surface area contributed by atoms with Crippen LogP contribution in [0.2, 0.25) is 0 Å². The summed E-state index contributed by atoms with van der Waals surface area (Å²) in [5.74, 6) is 1.73. The molecular weight excluding hydrogens is 246 g/mol. The molecule has 0 radical (unpaired) electrons. The lowest BCUT2D eigenvalue weighted by Gasteiger charge is -2.30. The molecule has 1 aromatic carbocycles. The topological polar surface area (TPSA) is 21.3 Å². The molecule has 0 bridgehead atoms. The third-order valence-corrected chi connectivity index (χ3v) is 4.74. The van der Waals surface area contributed by atoms with Gasteiger partial charge < -0.3 is 10.1 Å². The van der Waals surface area contributed by atoms with Crippen molar-refractivity contribution < 1.29 is 4.74 Å². The van der Waals surface area contributed by atoms with Gasteiger partial charge in [-0.1, -0.05) is 38.2 Å². The molecule has 2 heteroatoms. The molecule has 0 aromatic heterocycles. The molecule has 2 rings (SSSR count). The maximum atomic E-state index is 5.32. The minimum absolute atomic E-state index is 0.485. The molecule has 1 N–H and O–H groups in total. The van der Waals surface area contributed by atoms with Crippen LogP contribution < -0.4 is 10.1 Å². The first-order valence-corrected chi connectivity index (χ1v) is 8.08. The quantitative estimate of drug-likeness (QED) is 0.865. The molecule has 0 spiro atoms. The molecule has 1 fully saturated rings. The molecule has 0 aliphatic heterocycles. The van der Waals surface area contributed by atoms with E-state index in [1.807, 2.05) is 0 Å². The van der Waals surface area contributed by atoms with Crippen molar-refractivity contribution >= 4 is 0 Å². The second kappa shape index (κ2) is 7.68. The van der Waals surface area contributed by atoms with Crippen molar-refractivity contribution in [3.05, 3.63) is 29.3 Å². The molecular formula is C18H29NO. The summed E-state index contributed by atoms with van der Waals surface area (Å²) in [5, 5.41) is 3.57. The Morgan fingerprint density at radius 2 is 1.75 bits per heavy atom. The average molecular weight is 275 g/mol. The Kier molecular flexibility index (Phi) is 5.90. The van der Waals surface area contributed by atoms with Crippen LogP contribution in [0, 0.1) is 12.8 Å². The lowest BCUT2D eigenvalue weighted by molar-refractivity contribution is 0.298. The van der Waals surface area contributed by atoms with Crippen LogP contribution in [0.25, 0.3) is 0 Å². The highest BCUT2D eigenvalue weighted by Crippen LogP contribution is 2.34. The second-order valence-electron chi connectivity index (χ2n) is 6.09. The van der Waals surface area contributed by atoms with E-state index >= 15 is 0 Å². The van der Waals surface area contributed by atoms with Crippen molar-refractivity contribution in [1.29, 1.82) is 0 Å². The Morgan fingerprint density at radius 1 is 1.10 bits per heavy atom. The van der Waals surface area contributed by atoms with Gasteiger partial charge in [0, 0.05) is 6.04 Å². The van der Waals surface area contributed by atoms with Crippen LogP contribution in [-0.2, 0) is 0 Å². The minimum atomic E-state index is 0.485. The Hall–Kier alpha value is -1.02. The van der Waals surface area contributed by atoms with Gasteiger partial charge in [-0.15, -0.1) is 0 Å². The first kappa shape index (κ1) is 15.4. The van der Waals surface area contributed by atoms with Gasteiger partial charge in [0.05, 0.1) is 7.11 Å². The van der Waals surface area contributed by atoms with Gasteiger partial charge in [0.1, 0.15) is 5.75 Å². The van der Waals surface area contributed by atoms with Gasteiger partial charge in [0.25, 0.3) is 0 Å². The van der Waals surface area contributed by atoms with Gasteiger partial charge in [0.15, 0.2) is 0 Å². The van der Waals surface area contributed by atoms with Crippen LogP contribution in [0.15, 0.2) is 18.2 Å². The average Bonchev–Trinajstić information content (AvgIpc) is 2.42. The van der Waals surface area contributed by atoms with Gasteiger partial charge in [-0.2, -0.15) is 0 Å². The third kappa shape index (κ3) is 3.76. The highest BCUT2D eigenvalue weighted by Gasteiger charge is 2.23. The molecule has 1 aromatic rings. The standard InChI is InChI=1S/C18H29NO/c1-14-13-16(20-3)11-12-17(14)18(19-2)15-9-7-5-4-6-8-10-15/h11-13,15,18-19H,4-10H2,1-3H3. The van der Waals surface area contributed by atoms with Crippen LogP contribution in [0.5, 0.6) is 5.75 Å². The van der Waals surface area contributed by atoms with Crippen LogP contribution in [0.4, 0.5) is 0 Å². The fourth-order valence-corrected chi connectivity index (χ4v) is 3.59. The van der Waals surface area contributed by atoms with E-state index in [1.54, 1.807) is 7.11 Å². The predicted molar refractivity (Wildman–Crippen MR) is 85.3 cm³/mol. The van der Waals surface area contributed by atoms with Crippen LogP contribution >= 0.6 is 0 Å². The predicted octanol–water partition coefficient (Wildman–Crippen LogP) is 4.62. The summed E-state index contributed by atoms with van der Waals surface area (Å²) in [5.41, 5.74) is 2.78. The number of ether oxygens (including phenoxy) is 1. The van der Waals surface area contributed by atoms with Gasteiger partial charge >= 0.3 is 0 Å². The van der Waals surface area contributed by atoms with E-state index in [4.69, 9.17) is 4.74 Å². The molecule has 0 heterocycles. The number of hydrogen-bond acceptors (Lipinski definition) is 2. The smallest absolute Gasteiger partial charge is 0.119 e. The maximum Gasteiger partial charge on any atom is 0.119 e. The molecule has 2 nitrogen and oxygen atoms in total. The van der Waals surface area contributed by atoms with E-state index in [1.165, 1.54) is 56.1 Å². The lowest BCUT2D eigenvalue weighted by Crippen LogP contribution is -2.26. The van der Waals surface area contributed by atoms with Gasteiger partial charge in [-0.3, -0.25) is 0 Å². The van der Waals surface area contributed by atoms with E-state index in [9.17, 15) is 0 Å². The van der Waals surface area contributed by atoms with Crippen LogP contribution in [0.3, 0.4) is 0 Å². The third-order valence-electron chi connectivity index (χ3n) is 4.74. The summed E-state index contributed by atoms with van der Waals surface area (Å²) in [6.45, 7) is 2.20. The first-order valence-electron chi connectivity index (χ1n) is 8.08. The summed E-state index contributed by atoms with van der Waals surface area (Å²) < 4.78 is 5.32. The number of hydrogen-bond donors (Lipinski definition) is 1. The molecule has 0 amide bonds. The number of methoxy groups -OCH3 is 1. The summed E-state index contributed by atoms with van der Waals surface area (Å²) in [6.07, 6.45) is 9.74. The molecule has 1 saturated carbocycles. The lowest BCUT2D eigenvalue weighted by atomic mass is 9.82. The van der Waals surface area contributed by atoms with Gasteiger partial charge in [0.2, 0.25) is 0 Å². The molecule has 1 aliphatic rings. The van der Waals surface area contributed by atoms with Crippen molar-refractivity contribution in [3.8, 4) is 5.75 Å². The van der Waals surface area contributed by atoms with Crippen LogP contribution in [0.1, 0.15) is 62.1 Å². The number of benzene rings is 1. The Labute approximate surface area is 123 Å². The zero-order valence-electron chi connectivity index (χ0n) is 13.2. The van der Waals surface area contributed by atoms with Crippen molar-refractivity contribution in [2.75, 3.05) is 14.2 Å².